The highest BCUT2D eigenvalue weighted by Gasteiger charge is 2.69. The van der Waals surface area contributed by atoms with Crippen LogP contribution in [0.5, 0.6) is 0 Å². The first-order chi connectivity index (χ1) is 33.5. The van der Waals surface area contributed by atoms with Gasteiger partial charge in [0, 0.05) is 64.3 Å². The summed E-state index contributed by atoms with van der Waals surface area (Å²) in [5, 5.41) is 28.6. The molecule has 12 rings (SSSR count). The first kappa shape index (κ1) is 50.7. The molecule has 21 heteroatoms. The van der Waals surface area contributed by atoms with Gasteiger partial charge >= 0.3 is 11.6 Å². The van der Waals surface area contributed by atoms with E-state index in [-0.39, 0.29) is 128 Å². The first-order valence-electron chi connectivity index (χ1n) is 25.2. The Balaban J connectivity index is 0.000000266. The molecule has 0 radical (unpaired) electrons. The maximum Gasteiger partial charge on any atom is 0.351 e. The number of rotatable bonds is 6. The Morgan fingerprint density at radius 1 is 0.857 bits per heavy atom. The third-order valence-electron chi connectivity index (χ3n) is 16.6. The summed E-state index contributed by atoms with van der Waals surface area (Å²) in [6.45, 7) is 10.5. The number of nitrogen functional groups attached to an aromatic ring is 1. The standard InChI is InChI=1S/C40H59NO11.C9H11F2N3O4/c1-19-11-24-5-7-28-20(2)12-26(45-28)9-10-40-17-33-36(51-40)37-38(50-33)39(52-40)35-29(49-37)8-6-25(47-35)13-22(42)14-27-31(16-30(46-24)21(19)3)48-32(34(27)44-4)15-23(43)18-41;10-9(11)6(16)4(3-15)18-7(9)14-2-1-5(12)13-8(14)17/h19,23-39,43H,2-3,5-18,41H2,1,4H3;1-2,4,6-7,15-16H,3H2,(H2,12,13,17)/t19-,23+,24+,25-,26+,27+,28+,29+,30-,31+,32-,33+,34-,35+,36-,37+,38-,39+,40+;4-,6-,7-/m11/s1. The smallest absolute Gasteiger partial charge is 0.351 e. The fraction of sp³-hybridized carbons (Fsp3) is 0.816. The Kier molecular flexibility index (Phi) is 14.5. The van der Waals surface area contributed by atoms with Crippen molar-refractivity contribution in [3.05, 3.63) is 47.1 Å². The number of nitrogens with zero attached hydrogens (tertiary/aromatic N) is 2. The molecular formula is C49H70F2N4O15. The minimum atomic E-state index is -3.71. The number of nitrogens with two attached hydrogens (primary N) is 2. The van der Waals surface area contributed by atoms with Gasteiger partial charge in [-0.2, -0.15) is 13.8 Å². The summed E-state index contributed by atoms with van der Waals surface area (Å²) in [7, 11) is 1.66. The normalized spacial score (nSPS) is 46.8. The molecule has 19 nitrogen and oxygen atoms in total. The number of Topliss-reactive ketones (excluding diaryl/α,β-unsaturated/α-hetero) is 1. The van der Waals surface area contributed by atoms with Gasteiger partial charge < -0.3 is 74.2 Å². The highest BCUT2D eigenvalue weighted by atomic mass is 19.3. The van der Waals surface area contributed by atoms with Crippen molar-refractivity contribution in [3.63, 3.8) is 0 Å². The molecule has 12 heterocycles. The second-order valence-electron chi connectivity index (χ2n) is 21.3. The fourth-order valence-corrected chi connectivity index (χ4v) is 13.0. The number of aliphatic hydroxyl groups is 3. The van der Waals surface area contributed by atoms with Crippen molar-refractivity contribution in [3.8, 4) is 0 Å². The third-order valence-corrected chi connectivity index (χ3v) is 16.6. The van der Waals surface area contributed by atoms with Gasteiger partial charge in [-0.05, 0) is 68.1 Å². The summed E-state index contributed by atoms with van der Waals surface area (Å²) >= 11 is 0. The van der Waals surface area contributed by atoms with Crippen LogP contribution in [0.4, 0.5) is 14.6 Å². The number of aliphatic hydroxyl groups excluding tert-OH is 3. The van der Waals surface area contributed by atoms with Gasteiger partial charge in [-0.3, -0.25) is 9.36 Å². The largest absolute Gasteiger partial charge is 0.394 e. The van der Waals surface area contributed by atoms with Gasteiger partial charge in [-0.15, -0.1) is 0 Å². The lowest BCUT2D eigenvalue weighted by Crippen LogP contribution is -2.61. The molecule has 1 spiro atoms. The SMILES string of the molecule is C=C1C[C@@H]2CC[C@@]34C[C@@H]5O[C@H]6[C@@H](O3)[C@H]3O[C@H](CC[C@@H]3O[C@H]6[C@@H]5O4)CC(=O)C[C@@H]3[C@@H](OC)[C@@H](C[C@H](O)CN)O[C@H]3C[C@H]3O[C@@H](CC[C@@H]1O2)C[C@@H](C)C3=C.Nc1ccn([C@@H]2O[C@H](CO)[C@@H](O)C2(F)F)c(=O)n1. The lowest BCUT2D eigenvalue weighted by atomic mass is 9.81. The second kappa shape index (κ2) is 20.1. The number of hydrogen-bond donors (Lipinski definition) is 5. The molecule has 11 saturated heterocycles. The molecule has 0 amide bonds. The Morgan fingerprint density at radius 3 is 2.33 bits per heavy atom. The van der Waals surface area contributed by atoms with E-state index in [9.17, 15) is 28.6 Å². The van der Waals surface area contributed by atoms with E-state index in [1.807, 2.05) is 0 Å². The van der Waals surface area contributed by atoms with Crippen LogP contribution < -0.4 is 17.2 Å². The van der Waals surface area contributed by atoms with Gasteiger partial charge in [0.1, 0.15) is 48.2 Å². The quantitative estimate of drug-likeness (QED) is 0.256. The number of ether oxygens (including phenoxy) is 10. The molecule has 0 aromatic carbocycles. The lowest BCUT2D eigenvalue weighted by Gasteiger charge is -2.47. The zero-order valence-electron chi connectivity index (χ0n) is 39.8. The minimum absolute atomic E-state index is 0.0158. The number of ketones is 1. The number of carbonyl (C=O) groups is 1. The zero-order chi connectivity index (χ0) is 49.4. The van der Waals surface area contributed by atoms with Crippen molar-refractivity contribution >= 4 is 11.6 Å². The van der Waals surface area contributed by atoms with E-state index >= 15 is 0 Å². The third kappa shape index (κ3) is 9.59. The second-order valence-corrected chi connectivity index (χ2v) is 21.3. The number of halogens is 2. The van der Waals surface area contributed by atoms with Crippen LogP contribution in [0.15, 0.2) is 41.4 Å². The van der Waals surface area contributed by atoms with Gasteiger partial charge in [-0.1, -0.05) is 20.1 Å². The van der Waals surface area contributed by atoms with Crippen LogP contribution in [0.1, 0.15) is 96.6 Å². The summed E-state index contributed by atoms with van der Waals surface area (Å²) < 4.78 is 92.7. The molecule has 1 aromatic rings. The number of aromatic nitrogens is 2. The van der Waals surface area contributed by atoms with Crippen LogP contribution in [-0.4, -0.2) is 172 Å². The summed E-state index contributed by atoms with van der Waals surface area (Å²) in [5.41, 5.74) is 12.2. The van der Waals surface area contributed by atoms with E-state index in [1.165, 1.54) is 0 Å². The molecule has 70 heavy (non-hydrogen) atoms. The molecule has 11 fully saturated rings. The van der Waals surface area contributed by atoms with Crippen LogP contribution >= 0.6 is 0 Å². The average molecular weight is 993 g/mol. The van der Waals surface area contributed by atoms with Gasteiger partial charge in [-0.25, -0.2) is 4.79 Å². The maximum atomic E-state index is 14.1. The highest BCUT2D eigenvalue weighted by Crippen LogP contribution is 2.54. The molecular weight excluding hydrogens is 923 g/mol. The van der Waals surface area contributed by atoms with E-state index < -0.39 is 54.7 Å². The average Bonchev–Trinajstić information content (AvgIpc) is 4.06. The first-order valence-corrected chi connectivity index (χ1v) is 25.2. The Morgan fingerprint density at radius 2 is 1.59 bits per heavy atom. The zero-order valence-corrected chi connectivity index (χ0v) is 39.8. The number of fused-ring (bicyclic) bond motifs is 6. The molecule has 11 aliphatic heterocycles. The van der Waals surface area contributed by atoms with Crippen LogP contribution in [-0.2, 0) is 52.2 Å². The molecule has 0 saturated carbocycles. The van der Waals surface area contributed by atoms with Gasteiger partial charge in [0.25, 0.3) is 0 Å². The number of alkyl halides is 2. The molecule has 7 N–H and O–H groups in total. The van der Waals surface area contributed by atoms with Crippen molar-refractivity contribution in [1.29, 1.82) is 0 Å². The summed E-state index contributed by atoms with van der Waals surface area (Å²) in [6, 6.07) is 1.15. The van der Waals surface area contributed by atoms with E-state index in [4.69, 9.17) is 63.9 Å². The number of hydrogen-bond acceptors (Lipinski definition) is 18. The summed E-state index contributed by atoms with van der Waals surface area (Å²) in [4.78, 5) is 28.8. The van der Waals surface area contributed by atoms with Crippen molar-refractivity contribution in [2.45, 2.75) is 218 Å². The minimum Gasteiger partial charge on any atom is -0.394 e. The summed E-state index contributed by atoms with van der Waals surface area (Å²) in [5.74, 6) is -4.45. The molecule has 0 aliphatic carbocycles. The van der Waals surface area contributed by atoms with E-state index in [0.29, 0.717) is 30.3 Å². The molecule has 12 bridgehead atoms. The Bertz CT molecular complexity index is 2160. The topological polar surface area (TPSA) is 257 Å². The van der Waals surface area contributed by atoms with Crippen molar-refractivity contribution in [2.75, 3.05) is 26.0 Å². The Hall–Kier alpha value is -2.87. The van der Waals surface area contributed by atoms with E-state index in [1.54, 1.807) is 7.11 Å². The molecule has 390 valence electrons. The molecule has 0 unspecified atom stereocenters. The summed E-state index contributed by atoms with van der Waals surface area (Å²) in [6.07, 6.45) is 0.164. The predicted octanol–water partition coefficient (Wildman–Crippen LogP) is 2.15. The predicted molar refractivity (Wildman–Crippen MR) is 241 cm³/mol. The van der Waals surface area contributed by atoms with E-state index in [2.05, 4.69) is 25.1 Å². The maximum absolute atomic E-state index is 14.1. The van der Waals surface area contributed by atoms with Gasteiger partial charge in [0.05, 0.1) is 73.8 Å². The van der Waals surface area contributed by atoms with Crippen molar-refractivity contribution in [1.82, 2.24) is 9.55 Å². The number of methoxy groups -OCH3 is 1. The molecule has 22 atom stereocenters. The molecule has 1 aromatic heterocycles. The van der Waals surface area contributed by atoms with Crippen molar-refractivity contribution < 1.29 is 76.3 Å². The molecule has 11 aliphatic rings. The van der Waals surface area contributed by atoms with Crippen molar-refractivity contribution in [2.24, 2.45) is 17.6 Å². The Labute approximate surface area is 405 Å². The number of anilines is 1. The number of carbonyl (C=O) groups excluding carboxylic acids is 1. The van der Waals surface area contributed by atoms with Gasteiger partial charge in [0.2, 0.25) is 6.23 Å². The monoisotopic (exact) mass is 992 g/mol. The van der Waals surface area contributed by atoms with Crippen LogP contribution in [0.25, 0.3) is 0 Å². The van der Waals surface area contributed by atoms with Crippen LogP contribution in [0, 0.1) is 11.8 Å². The van der Waals surface area contributed by atoms with Crippen LogP contribution in [0.2, 0.25) is 0 Å². The fourth-order valence-electron chi connectivity index (χ4n) is 13.0. The lowest BCUT2D eigenvalue weighted by molar-refractivity contribution is -0.292. The van der Waals surface area contributed by atoms with Gasteiger partial charge in [0.15, 0.2) is 11.9 Å². The van der Waals surface area contributed by atoms with Crippen LogP contribution in [0.3, 0.4) is 0 Å². The van der Waals surface area contributed by atoms with E-state index in [0.717, 1.165) is 68.4 Å². The highest BCUT2D eigenvalue weighted by molar-refractivity contribution is 5.79.